The SMILES string of the molecule is Nc1c(-c2ccc(Cl)cc2-n2cccn2)c(=O)c1=O. The highest BCUT2D eigenvalue weighted by Gasteiger charge is 2.22. The number of anilines is 1. The summed E-state index contributed by atoms with van der Waals surface area (Å²) in [6.45, 7) is 0. The van der Waals surface area contributed by atoms with E-state index < -0.39 is 10.9 Å². The van der Waals surface area contributed by atoms with Crippen LogP contribution in [-0.2, 0) is 0 Å². The van der Waals surface area contributed by atoms with Crippen molar-refractivity contribution in [3.05, 3.63) is 62.1 Å². The summed E-state index contributed by atoms with van der Waals surface area (Å²) >= 11 is 5.96. The van der Waals surface area contributed by atoms with Gasteiger partial charge in [-0.1, -0.05) is 17.7 Å². The molecule has 6 heteroatoms. The van der Waals surface area contributed by atoms with E-state index in [9.17, 15) is 9.59 Å². The molecule has 0 amide bonds. The molecule has 94 valence electrons. The molecule has 19 heavy (non-hydrogen) atoms. The number of aromatic nitrogens is 2. The second-order valence-electron chi connectivity index (χ2n) is 4.06. The van der Waals surface area contributed by atoms with Crippen LogP contribution in [0.5, 0.6) is 0 Å². The Hall–Kier alpha value is -2.40. The van der Waals surface area contributed by atoms with E-state index in [4.69, 9.17) is 17.3 Å². The van der Waals surface area contributed by atoms with Gasteiger partial charge in [-0.3, -0.25) is 9.59 Å². The molecule has 2 aromatic carbocycles. The monoisotopic (exact) mass is 273 g/mol. The number of benzene rings is 1. The van der Waals surface area contributed by atoms with Gasteiger partial charge < -0.3 is 5.73 Å². The molecule has 0 aliphatic heterocycles. The van der Waals surface area contributed by atoms with Crippen LogP contribution in [0.15, 0.2) is 46.2 Å². The average Bonchev–Trinajstić information content (AvgIpc) is 2.94. The lowest BCUT2D eigenvalue weighted by atomic mass is 9.97. The summed E-state index contributed by atoms with van der Waals surface area (Å²) in [5, 5.41) is 4.60. The van der Waals surface area contributed by atoms with Crippen LogP contribution in [0.1, 0.15) is 0 Å². The lowest BCUT2D eigenvalue weighted by molar-refractivity contribution is 0.882. The van der Waals surface area contributed by atoms with Crippen molar-refractivity contribution in [1.29, 1.82) is 0 Å². The molecular formula is C13H8ClN3O2. The van der Waals surface area contributed by atoms with Crippen LogP contribution in [0.3, 0.4) is 0 Å². The number of nitrogen functional groups attached to an aromatic ring is 1. The first-order valence-electron chi connectivity index (χ1n) is 5.48. The first-order valence-corrected chi connectivity index (χ1v) is 5.86. The number of hydrogen-bond acceptors (Lipinski definition) is 4. The summed E-state index contributed by atoms with van der Waals surface area (Å²) in [7, 11) is 0. The minimum Gasteiger partial charge on any atom is -0.395 e. The third-order valence-corrected chi connectivity index (χ3v) is 3.16. The van der Waals surface area contributed by atoms with Crippen LogP contribution in [0.25, 0.3) is 16.8 Å². The first kappa shape index (κ1) is 11.7. The third kappa shape index (κ3) is 1.67. The van der Waals surface area contributed by atoms with Gasteiger partial charge in [0.05, 0.1) is 16.9 Å². The molecule has 0 saturated heterocycles. The smallest absolute Gasteiger partial charge is 0.249 e. The number of nitrogens with zero attached hydrogens (tertiary/aromatic N) is 2. The van der Waals surface area contributed by atoms with E-state index >= 15 is 0 Å². The van der Waals surface area contributed by atoms with Crippen molar-refractivity contribution in [3.63, 3.8) is 0 Å². The maximum Gasteiger partial charge on any atom is 0.249 e. The Balaban J connectivity index is 2.29. The van der Waals surface area contributed by atoms with Gasteiger partial charge >= 0.3 is 0 Å². The second kappa shape index (κ2) is 4.07. The van der Waals surface area contributed by atoms with Crippen molar-refractivity contribution in [1.82, 2.24) is 9.78 Å². The van der Waals surface area contributed by atoms with E-state index in [0.29, 0.717) is 16.3 Å². The molecular weight excluding hydrogens is 266 g/mol. The average molecular weight is 274 g/mol. The molecule has 5 nitrogen and oxygen atoms in total. The van der Waals surface area contributed by atoms with Crippen LogP contribution >= 0.6 is 11.6 Å². The topological polar surface area (TPSA) is 78.0 Å². The van der Waals surface area contributed by atoms with Gasteiger partial charge in [-0.2, -0.15) is 5.10 Å². The Bertz CT molecular complexity index is 830. The lowest BCUT2D eigenvalue weighted by Crippen LogP contribution is -2.36. The molecule has 0 aliphatic carbocycles. The molecule has 0 aliphatic rings. The summed E-state index contributed by atoms with van der Waals surface area (Å²) < 4.78 is 1.57. The van der Waals surface area contributed by atoms with Gasteiger partial charge in [-0.15, -0.1) is 0 Å². The van der Waals surface area contributed by atoms with Crippen molar-refractivity contribution in [2.24, 2.45) is 0 Å². The molecule has 0 unspecified atom stereocenters. The zero-order valence-electron chi connectivity index (χ0n) is 9.63. The Morgan fingerprint density at radius 3 is 2.63 bits per heavy atom. The Morgan fingerprint density at radius 2 is 2.00 bits per heavy atom. The van der Waals surface area contributed by atoms with Gasteiger partial charge in [-0.05, 0) is 18.2 Å². The molecule has 0 radical (unpaired) electrons. The maximum absolute atomic E-state index is 11.6. The number of halogens is 1. The maximum atomic E-state index is 11.6. The molecule has 0 fully saturated rings. The Labute approximate surface area is 112 Å². The van der Waals surface area contributed by atoms with E-state index in [-0.39, 0.29) is 11.3 Å². The summed E-state index contributed by atoms with van der Waals surface area (Å²) in [6.07, 6.45) is 3.33. The molecule has 0 bridgehead atoms. The van der Waals surface area contributed by atoms with Gasteiger partial charge in [0.15, 0.2) is 0 Å². The fraction of sp³-hybridized carbons (Fsp3) is 0. The van der Waals surface area contributed by atoms with Crippen LogP contribution in [0.4, 0.5) is 5.69 Å². The largest absolute Gasteiger partial charge is 0.395 e. The van der Waals surface area contributed by atoms with E-state index in [2.05, 4.69) is 5.10 Å². The molecule has 1 aromatic heterocycles. The van der Waals surface area contributed by atoms with E-state index in [0.717, 1.165) is 0 Å². The fourth-order valence-electron chi connectivity index (χ4n) is 1.99. The first-order chi connectivity index (χ1) is 9.09. The number of hydrogen-bond donors (Lipinski definition) is 1. The van der Waals surface area contributed by atoms with Crippen molar-refractivity contribution >= 4 is 17.3 Å². The predicted molar refractivity (Wildman–Crippen MR) is 73.3 cm³/mol. The van der Waals surface area contributed by atoms with Gasteiger partial charge in [0.25, 0.3) is 0 Å². The highest BCUT2D eigenvalue weighted by atomic mass is 35.5. The highest BCUT2D eigenvalue weighted by Crippen LogP contribution is 2.30. The minimum absolute atomic E-state index is 0.0132. The standard InChI is InChI=1S/C13H8ClN3O2/c14-7-2-3-8(10-11(15)13(19)12(10)18)9(6-7)17-5-1-4-16-17/h1-6H,15H2. The highest BCUT2D eigenvalue weighted by molar-refractivity contribution is 6.30. The van der Waals surface area contributed by atoms with Crippen LogP contribution < -0.4 is 16.6 Å². The summed E-state index contributed by atoms with van der Waals surface area (Å²) in [6, 6.07) is 6.71. The van der Waals surface area contributed by atoms with E-state index in [1.54, 1.807) is 41.3 Å². The van der Waals surface area contributed by atoms with Gasteiger partial charge in [0, 0.05) is 23.0 Å². The summed E-state index contributed by atoms with van der Waals surface area (Å²) in [4.78, 5) is 22.9. The molecule has 3 rings (SSSR count). The Morgan fingerprint density at radius 1 is 1.21 bits per heavy atom. The van der Waals surface area contributed by atoms with Gasteiger partial charge in [0.1, 0.15) is 0 Å². The molecule has 1 heterocycles. The van der Waals surface area contributed by atoms with Crippen molar-refractivity contribution < 1.29 is 0 Å². The number of nitrogens with two attached hydrogens (primary N) is 1. The number of rotatable bonds is 2. The van der Waals surface area contributed by atoms with Crippen molar-refractivity contribution in [2.45, 2.75) is 0 Å². The normalized spacial score (nSPS) is 11.0. The van der Waals surface area contributed by atoms with Crippen molar-refractivity contribution in [3.8, 4) is 16.8 Å². The molecule has 3 aromatic rings. The van der Waals surface area contributed by atoms with E-state index in [1.807, 2.05) is 0 Å². The Kier molecular flexibility index (Phi) is 2.50. The quantitative estimate of drug-likeness (QED) is 0.715. The minimum atomic E-state index is -0.642. The zero-order chi connectivity index (χ0) is 13.6. The molecule has 0 saturated carbocycles. The summed E-state index contributed by atoms with van der Waals surface area (Å²) in [5.74, 6) is 0. The third-order valence-electron chi connectivity index (χ3n) is 2.93. The summed E-state index contributed by atoms with van der Waals surface area (Å²) in [5.41, 5.74) is 5.75. The molecule has 2 N–H and O–H groups in total. The molecule has 0 spiro atoms. The van der Waals surface area contributed by atoms with Crippen molar-refractivity contribution in [2.75, 3.05) is 5.73 Å². The van der Waals surface area contributed by atoms with Crippen LogP contribution in [0, 0.1) is 0 Å². The van der Waals surface area contributed by atoms with Crippen LogP contribution in [-0.4, -0.2) is 9.78 Å². The van der Waals surface area contributed by atoms with Gasteiger partial charge in [0.2, 0.25) is 10.9 Å². The fourth-order valence-corrected chi connectivity index (χ4v) is 2.16. The van der Waals surface area contributed by atoms with Crippen LogP contribution in [0.2, 0.25) is 5.02 Å². The lowest BCUT2D eigenvalue weighted by Gasteiger charge is -2.12. The van der Waals surface area contributed by atoms with E-state index in [1.165, 1.54) is 0 Å². The second-order valence-corrected chi connectivity index (χ2v) is 4.50. The zero-order valence-corrected chi connectivity index (χ0v) is 10.4. The predicted octanol–water partition coefficient (Wildman–Crippen LogP) is 1.37. The van der Waals surface area contributed by atoms with Gasteiger partial charge in [-0.25, -0.2) is 4.68 Å². The molecule has 0 atom stereocenters.